The van der Waals surface area contributed by atoms with Crippen LogP contribution in [0, 0.1) is 16.7 Å². The smallest absolute Gasteiger partial charge is 0.331 e. The summed E-state index contributed by atoms with van der Waals surface area (Å²) >= 11 is 0. The van der Waals surface area contributed by atoms with Crippen LogP contribution in [-0.4, -0.2) is 25.7 Å². The summed E-state index contributed by atoms with van der Waals surface area (Å²) in [4.78, 5) is 22.0. The van der Waals surface area contributed by atoms with E-state index in [4.69, 9.17) is 9.47 Å². The van der Waals surface area contributed by atoms with E-state index in [1.165, 1.54) is 12.0 Å². The fourth-order valence-electron chi connectivity index (χ4n) is 5.13. The Labute approximate surface area is 150 Å². The fourth-order valence-corrected chi connectivity index (χ4v) is 5.13. The maximum atomic E-state index is 11.3. The van der Waals surface area contributed by atoms with Crippen molar-refractivity contribution in [3.05, 3.63) is 22.8 Å². The number of allylic oxidation sites excluding steroid dienone is 1. The molecule has 4 nitrogen and oxygen atoms in total. The first-order valence-electron chi connectivity index (χ1n) is 9.53. The molecule has 3 aliphatic rings. The molecule has 0 aromatic rings. The predicted molar refractivity (Wildman–Crippen MR) is 95.8 cm³/mol. The van der Waals surface area contributed by atoms with Gasteiger partial charge in [0.2, 0.25) is 0 Å². The van der Waals surface area contributed by atoms with Gasteiger partial charge in [-0.05, 0) is 61.9 Å². The number of hydrogen-bond acceptors (Lipinski definition) is 4. The van der Waals surface area contributed by atoms with E-state index < -0.39 is 0 Å². The summed E-state index contributed by atoms with van der Waals surface area (Å²) in [5, 5.41) is 0. The summed E-state index contributed by atoms with van der Waals surface area (Å²) in [6.07, 6.45) is 9.35. The van der Waals surface area contributed by atoms with Crippen molar-refractivity contribution in [3.63, 3.8) is 0 Å². The molecule has 0 bridgehead atoms. The number of cyclic esters (lactones) is 1. The van der Waals surface area contributed by atoms with E-state index in [1.807, 2.05) is 0 Å². The molecule has 25 heavy (non-hydrogen) atoms. The Hall–Kier alpha value is -1.58. The van der Waals surface area contributed by atoms with Crippen molar-refractivity contribution in [3.8, 4) is 0 Å². The lowest BCUT2D eigenvalue weighted by Gasteiger charge is -2.50. The zero-order chi connectivity index (χ0) is 18.1. The number of ether oxygens (including phenoxy) is 2. The SMILES string of the molecule is C[C@@H]1CCC2=C(CCC[C@@]2(C)COC=O)[C@@]1(C)CCC1=CC(=O)OC1. The average molecular weight is 346 g/mol. The molecule has 0 saturated carbocycles. The molecule has 1 heterocycles. The lowest BCUT2D eigenvalue weighted by molar-refractivity contribution is -0.135. The van der Waals surface area contributed by atoms with E-state index in [0.717, 1.165) is 44.1 Å². The van der Waals surface area contributed by atoms with E-state index in [0.29, 0.717) is 25.6 Å². The minimum atomic E-state index is -0.201. The van der Waals surface area contributed by atoms with E-state index in [9.17, 15) is 9.59 Å². The van der Waals surface area contributed by atoms with Crippen molar-refractivity contribution < 1.29 is 19.1 Å². The van der Waals surface area contributed by atoms with E-state index in [-0.39, 0.29) is 16.8 Å². The van der Waals surface area contributed by atoms with Crippen molar-refractivity contribution in [2.24, 2.45) is 16.7 Å². The summed E-state index contributed by atoms with van der Waals surface area (Å²) in [6, 6.07) is 0. The van der Waals surface area contributed by atoms with Crippen LogP contribution in [0.25, 0.3) is 0 Å². The zero-order valence-electron chi connectivity index (χ0n) is 15.7. The van der Waals surface area contributed by atoms with Crippen LogP contribution in [0.1, 0.15) is 65.7 Å². The van der Waals surface area contributed by atoms with Crippen LogP contribution in [0.15, 0.2) is 22.8 Å². The Balaban J connectivity index is 1.86. The molecule has 4 heteroatoms. The molecule has 2 aliphatic carbocycles. The van der Waals surface area contributed by atoms with Gasteiger partial charge in [-0.3, -0.25) is 4.79 Å². The summed E-state index contributed by atoms with van der Waals surface area (Å²) in [7, 11) is 0. The Kier molecular flexibility index (Phi) is 5.08. The minimum Gasteiger partial charge on any atom is -0.467 e. The highest BCUT2D eigenvalue weighted by molar-refractivity contribution is 5.85. The predicted octanol–water partition coefficient (Wildman–Crippen LogP) is 4.35. The molecule has 0 aromatic carbocycles. The first-order valence-corrected chi connectivity index (χ1v) is 9.53. The zero-order valence-corrected chi connectivity index (χ0v) is 15.7. The van der Waals surface area contributed by atoms with Gasteiger partial charge in [0.05, 0.1) is 0 Å². The van der Waals surface area contributed by atoms with Gasteiger partial charge in [0.1, 0.15) is 13.2 Å². The molecule has 0 saturated heterocycles. The van der Waals surface area contributed by atoms with Gasteiger partial charge in [0, 0.05) is 11.5 Å². The van der Waals surface area contributed by atoms with Gasteiger partial charge in [-0.1, -0.05) is 31.9 Å². The molecule has 0 fully saturated rings. The van der Waals surface area contributed by atoms with Gasteiger partial charge < -0.3 is 9.47 Å². The second kappa shape index (κ2) is 6.97. The van der Waals surface area contributed by atoms with Crippen molar-refractivity contribution >= 4 is 12.4 Å². The third-order valence-corrected chi connectivity index (χ3v) is 7.01. The van der Waals surface area contributed by atoms with Crippen LogP contribution in [0.4, 0.5) is 0 Å². The van der Waals surface area contributed by atoms with Crippen LogP contribution in [0.3, 0.4) is 0 Å². The van der Waals surface area contributed by atoms with Crippen LogP contribution < -0.4 is 0 Å². The minimum absolute atomic E-state index is 0.0123. The van der Waals surface area contributed by atoms with Crippen molar-refractivity contribution in [2.75, 3.05) is 13.2 Å². The number of carbonyl (C=O) groups is 2. The summed E-state index contributed by atoms with van der Waals surface area (Å²) < 4.78 is 10.3. The maximum Gasteiger partial charge on any atom is 0.331 e. The second-order valence-electron chi connectivity index (χ2n) is 8.55. The summed E-state index contributed by atoms with van der Waals surface area (Å²) in [6.45, 7) is 8.55. The largest absolute Gasteiger partial charge is 0.467 e. The Morgan fingerprint density at radius 3 is 2.80 bits per heavy atom. The molecule has 3 atom stereocenters. The quantitative estimate of drug-likeness (QED) is 0.408. The molecule has 0 unspecified atom stereocenters. The number of hydrogen-bond donors (Lipinski definition) is 0. The molecule has 1 aliphatic heterocycles. The maximum absolute atomic E-state index is 11.3. The third kappa shape index (κ3) is 3.40. The van der Waals surface area contributed by atoms with Crippen molar-refractivity contribution in [1.82, 2.24) is 0 Å². The molecule has 3 rings (SSSR count). The molecule has 0 amide bonds. The Morgan fingerprint density at radius 2 is 2.12 bits per heavy atom. The van der Waals surface area contributed by atoms with Gasteiger partial charge >= 0.3 is 5.97 Å². The molecule has 0 spiro atoms. The molecule has 0 aromatic heterocycles. The number of rotatable bonds is 6. The lowest BCUT2D eigenvalue weighted by Crippen LogP contribution is -2.40. The van der Waals surface area contributed by atoms with Crippen molar-refractivity contribution in [1.29, 1.82) is 0 Å². The summed E-state index contributed by atoms with van der Waals surface area (Å²) in [5.41, 5.74) is 4.40. The summed E-state index contributed by atoms with van der Waals surface area (Å²) in [5.74, 6) is 0.423. The Bertz CT molecular complexity index is 617. The van der Waals surface area contributed by atoms with Crippen LogP contribution in [0.5, 0.6) is 0 Å². The monoisotopic (exact) mass is 346 g/mol. The topological polar surface area (TPSA) is 52.6 Å². The molecular formula is C21H30O4. The highest BCUT2D eigenvalue weighted by Crippen LogP contribution is 2.57. The van der Waals surface area contributed by atoms with Crippen LogP contribution in [-0.2, 0) is 19.1 Å². The van der Waals surface area contributed by atoms with Crippen LogP contribution in [0.2, 0.25) is 0 Å². The first-order chi connectivity index (χ1) is 11.9. The van der Waals surface area contributed by atoms with Gasteiger partial charge in [-0.25, -0.2) is 4.79 Å². The molecular weight excluding hydrogens is 316 g/mol. The molecule has 138 valence electrons. The second-order valence-corrected chi connectivity index (χ2v) is 8.55. The van der Waals surface area contributed by atoms with Gasteiger partial charge in [0.25, 0.3) is 6.47 Å². The third-order valence-electron chi connectivity index (χ3n) is 7.01. The Morgan fingerprint density at radius 1 is 1.32 bits per heavy atom. The highest BCUT2D eigenvalue weighted by Gasteiger charge is 2.46. The first kappa shape index (κ1) is 18.2. The standard InChI is InChI=1S/C21H30O4/c1-15-6-7-17-18(5-4-9-20(17,2)13-24-14-22)21(15,3)10-8-16-11-19(23)25-12-16/h11,14-15H,4-10,12-13H2,1-3H3/t15-,20+,21+/m1/s1. The normalized spacial score (nSPS) is 35.1. The number of esters is 1. The molecule has 0 radical (unpaired) electrons. The van der Waals surface area contributed by atoms with Gasteiger partial charge in [-0.15, -0.1) is 0 Å². The van der Waals surface area contributed by atoms with E-state index in [2.05, 4.69) is 20.8 Å². The van der Waals surface area contributed by atoms with Crippen LogP contribution >= 0.6 is 0 Å². The van der Waals surface area contributed by atoms with Gasteiger partial charge in [0.15, 0.2) is 0 Å². The number of carbonyl (C=O) groups excluding carboxylic acids is 2. The lowest BCUT2D eigenvalue weighted by atomic mass is 9.55. The van der Waals surface area contributed by atoms with Crippen molar-refractivity contribution in [2.45, 2.75) is 65.7 Å². The van der Waals surface area contributed by atoms with E-state index >= 15 is 0 Å². The average Bonchev–Trinajstić information content (AvgIpc) is 3.01. The molecule has 0 N–H and O–H groups in total. The fraction of sp³-hybridized carbons (Fsp3) is 0.714. The van der Waals surface area contributed by atoms with E-state index in [1.54, 1.807) is 11.6 Å². The highest BCUT2D eigenvalue weighted by atomic mass is 16.5. The van der Waals surface area contributed by atoms with Gasteiger partial charge in [-0.2, -0.15) is 0 Å².